The first-order valence-electron chi connectivity index (χ1n) is 6.24. The topological polar surface area (TPSA) is 55.6 Å². The highest BCUT2D eigenvalue weighted by Crippen LogP contribution is 2.29. The molecule has 5 nitrogen and oxygen atoms in total. The standard InChI is InChI=1S/C13H18BrN5/c1-6-15-13-11(14)8(3)16-12(17-13)10-7(2)18-19(5)9(10)4/h6H2,1-5H3,(H,15,16,17). The molecule has 0 aliphatic rings. The van der Waals surface area contributed by atoms with Crippen molar-refractivity contribution in [2.24, 2.45) is 7.05 Å². The fourth-order valence-electron chi connectivity index (χ4n) is 2.05. The van der Waals surface area contributed by atoms with Gasteiger partial charge in [0, 0.05) is 19.3 Å². The lowest BCUT2D eigenvalue weighted by Gasteiger charge is -2.10. The Morgan fingerprint density at radius 2 is 1.84 bits per heavy atom. The number of anilines is 1. The van der Waals surface area contributed by atoms with Crippen LogP contribution in [0.4, 0.5) is 5.82 Å². The van der Waals surface area contributed by atoms with Gasteiger partial charge in [0.1, 0.15) is 5.82 Å². The van der Waals surface area contributed by atoms with Crippen molar-refractivity contribution in [2.45, 2.75) is 27.7 Å². The van der Waals surface area contributed by atoms with E-state index in [1.54, 1.807) is 0 Å². The molecule has 2 rings (SSSR count). The molecule has 1 N–H and O–H groups in total. The van der Waals surface area contributed by atoms with Crippen molar-refractivity contribution in [1.29, 1.82) is 0 Å². The Morgan fingerprint density at radius 3 is 2.37 bits per heavy atom. The summed E-state index contributed by atoms with van der Waals surface area (Å²) < 4.78 is 2.77. The average Bonchev–Trinajstić information content (AvgIpc) is 2.59. The van der Waals surface area contributed by atoms with Crippen molar-refractivity contribution in [3.05, 3.63) is 21.6 Å². The maximum atomic E-state index is 4.61. The minimum Gasteiger partial charge on any atom is -0.369 e. The van der Waals surface area contributed by atoms with Gasteiger partial charge in [-0.3, -0.25) is 4.68 Å². The molecule has 0 amide bonds. The quantitative estimate of drug-likeness (QED) is 0.943. The van der Waals surface area contributed by atoms with Gasteiger partial charge in [0.25, 0.3) is 0 Å². The van der Waals surface area contributed by atoms with E-state index in [0.717, 1.165) is 45.3 Å². The van der Waals surface area contributed by atoms with Gasteiger partial charge in [-0.2, -0.15) is 5.10 Å². The number of aryl methyl sites for hydroxylation is 3. The zero-order chi connectivity index (χ0) is 14.2. The first-order valence-corrected chi connectivity index (χ1v) is 7.03. The summed E-state index contributed by atoms with van der Waals surface area (Å²) in [5.74, 6) is 1.55. The zero-order valence-corrected chi connectivity index (χ0v) is 13.5. The van der Waals surface area contributed by atoms with Crippen LogP contribution < -0.4 is 5.32 Å². The van der Waals surface area contributed by atoms with Crippen LogP contribution in [0, 0.1) is 20.8 Å². The Balaban J connectivity index is 2.62. The van der Waals surface area contributed by atoms with Crippen LogP contribution in [-0.4, -0.2) is 26.3 Å². The molecule has 0 fully saturated rings. The summed E-state index contributed by atoms with van der Waals surface area (Å²) in [4.78, 5) is 9.18. The Hall–Kier alpha value is -1.43. The molecular weight excluding hydrogens is 306 g/mol. The Kier molecular flexibility index (Phi) is 3.89. The largest absolute Gasteiger partial charge is 0.369 e. The molecule has 0 unspecified atom stereocenters. The highest BCUT2D eigenvalue weighted by molar-refractivity contribution is 9.10. The minimum atomic E-state index is 0.722. The van der Waals surface area contributed by atoms with Crippen LogP contribution in [-0.2, 0) is 7.05 Å². The van der Waals surface area contributed by atoms with Crippen molar-refractivity contribution >= 4 is 21.7 Å². The van der Waals surface area contributed by atoms with Gasteiger partial charge in [0.2, 0.25) is 0 Å². The Labute approximate surface area is 121 Å². The van der Waals surface area contributed by atoms with Gasteiger partial charge in [0.15, 0.2) is 5.82 Å². The predicted molar refractivity (Wildman–Crippen MR) is 80.3 cm³/mol. The van der Waals surface area contributed by atoms with Crippen LogP contribution in [0.2, 0.25) is 0 Å². The monoisotopic (exact) mass is 323 g/mol. The summed E-state index contributed by atoms with van der Waals surface area (Å²) in [6, 6.07) is 0. The number of rotatable bonds is 3. The molecule has 0 aliphatic carbocycles. The first kappa shape index (κ1) is 14.0. The summed E-state index contributed by atoms with van der Waals surface area (Å²) >= 11 is 3.52. The number of nitrogens with zero attached hydrogens (tertiary/aromatic N) is 4. The van der Waals surface area contributed by atoms with Gasteiger partial charge < -0.3 is 5.32 Å². The van der Waals surface area contributed by atoms with Crippen LogP contribution in [0.15, 0.2) is 4.47 Å². The average molecular weight is 324 g/mol. The summed E-state index contributed by atoms with van der Waals surface area (Å²) in [6.45, 7) is 8.85. The predicted octanol–water partition coefficient (Wildman–Crippen LogP) is 3.00. The van der Waals surface area contributed by atoms with Crippen molar-refractivity contribution in [2.75, 3.05) is 11.9 Å². The van der Waals surface area contributed by atoms with E-state index >= 15 is 0 Å². The molecule has 0 bridgehead atoms. The van der Waals surface area contributed by atoms with Crippen molar-refractivity contribution in [3.63, 3.8) is 0 Å². The summed E-state index contributed by atoms with van der Waals surface area (Å²) in [5.41, 5.74) is 3.95. The highest BCUT2D eigenvalue weighted by atomic mass is 79.9. The van der Waals surface area contributed by atoms with Crippen LogP contribution in [0.3, 0.4) is 0 Å². The second-order valence-corrected chi connectivity index (χ2v) is 5.29. The maximum Gasteiger partial charge on any atom is 0.165 e. The molecule has 0 radical (unpaired) electrons. The van der Waals surface area contributed by atoms with Crippen LogP contribution in [0.5, 0.6) is 0 Å². The highest BCUT2D eigenvalue weighted by Gasteiger charge is 2.17. The number of hydrogen-bond donors (Lipinski definition) is 1. The Morgan fingerprint density at radius 1 is 1.16 bits per heavy atom. The molecule has 2 aromatic rings. The lowest BCUT2D eigenvalue weighted by Crippen LogP contribution is -2.05. The number of halogens is 1. The fraction of sp³-hybridized carbons (Fsp3) is 0.462. The summed E-state index contributed by atoms with van der Waals surface area (Å²) in [5, 5.41) is 7.67. The van der Waals surface area contributed by atoms with Gasteiger partial charge in [0.05, 0.1) is 21.4 Å². The number of hydrogen-bond acceptors (Lipinski definition) is 4. The molecule has 6 heteroatoms. The van der Waals surface area contributed by atoms with Gasteiger partial charge in [-0.1, -0.05) is 0 Å². The molecule has 102 valence electrons. The first-order chi connectivity index (χ1) is 8.95. The molecule has 0 atom stereocenters. The van der Waals surface area contributed by atoms with Gasteiger partial charge in [-0.15, -0.1) is 0 Å². The van der Waals surface area contributed by atoms with E-state index in [2.05, 4.69) is 36.3 Å². The van der Waals surface area contributed by atoms with E-state index in [1.807, 2.05) is 39.4 Å². The number of nitrogens with one attached hydrogen (secondary N) is 1. The molecular formula is C13H18BrN5. The lowest BCUT2D eigenvalue weighted by molar-refractivity contribution is 0.731. The molecule has 2 heterocycles. The van der Waals surface area contributed by atoms with Gasteiger partial charge >= 0.3 is 0 Å². The van der Waals surface area contributed by atoms with Crippen molar-refractivity contribution in [3.8, 4) is 11.4 Å². The van der Waals surface area contributed by atoms with Crippen molar-refractivity contribution < 1.29 is 0 Å². The lowest BCUT2D eigenvalue weighted by atomic mass is 10.2. The molecule has 0 aliphatic heterocycles. The van der Waals surface area contributed by atoms with E-state index in [0.29, 0.717) is 0 Å². The van der Waals surface area contributed by atoms with E-state index in [9.17, 15) is 0 Å². The SMILES string of the molecule is CCNc1nc(-c2c(C)nn(C)c2C)nc(C)c1Br. The fourth-order valence-corrected chi connectivity index (χ4v) is 2.37. The van der Waals surface area contributed by atoms with Crippen LogP contribution >= 0.6 is 15.9 Å². The zero-order valence-electron chi connectivity index (χ0n) is 11.9. The number of aromatic nitrogens is 4. The molecule has 0 saturated heterocycles. The maximum absolute atomic E-state index is 4.61. The van der Waals surface area contributed by atoms with Crippen molar-refractivity contribution in [1.82, 2.24) is 19.7 Å². The molecule has 0 saturated carbocycles. The second kappa shape index (κ2) is 5.28. The van der Waals surface area contributed by atoms with Gasteiger partial charge in [-0.05, 0) is 43.6 Å². The molecule has 2 aromatic heterocycles. The van der Waals surface area contributed by atoms with E-state index in [-0.39, 0.29) is 0 Å². The normalized spacial score (nSPS) is 10.8. The second-order valence-electron chi connectivity index (χ2n) is 4.49. The molecule has 0 spiro atoms. The van der Waals surface area contributed by atoms with Crippen LogP contribution in [0.25, 0.3) is 11.4 Å². The third-order valence-corrected chi connectivity index (χ3v) is 4.04. The molecule has 19 heavy (non-hydrogen) atoms. The summed E-state index contributed by atoms with van der Waals surface area (Å²) in [7, 11) is 1.93. The third kappa shape index (κ3) is 2.49. The minimum absolute atomic E-state index is 0.722. The van der Waals surface area contributed by atoms with Gasteiger partial charge in [-0.25, -0.2) is 9.97 Å². The van der Waals surface area contributed by atoms with Crippen LogP contribution in [0.1, 0.15) is 24.0 Å². The van der Waals surface area contributed by atoms with E-state index < -0.39 is 0 Å². The third-order valence-electron chi connectivity index (χ3n) is 3.09. The Bertz CT molecular complexity index is 618. The van der Waals surface area contributed by atoms with E-state index in [4.69, 9.17) is 0 Å². The molecule has 0 aromatic carbocycles. The van der Waals surface area contributed by atoms with E-state index in [1.165, 1.54) is 0 Å². The smallest absolute Gasteiger partial charge is 0.165 e. The summed E-state index contributed by atoms with van der Waals surface area (Å²) in [6.07, 6.45) is 0.